The van der Waals surface area contributed by atoms with Gasteiger partial charge in [-0.15, -0.1) is 0 Å². The summed E-state index contributed by atoms with van der Waals surface area (Å²) >= 11 is 0. The van der Waals surface area contributed by atoms with Crippen LogP contribution in [-0.4, -0.2) is 92.5 Å². The van der Waals surface area contributed by atoms with Crippen molar-refractivity contribution in [3.8, 4) is 45.4 Å². The van der Waals surface area contributed by atoms with Gasteiger partial charge in [-0.05, 0) is 137 Å². The zero-order valence-electron chi connectivity index (χ0n) is 39.2. The van der Waals surface area contributed by atoms with Crippen molar-refractivity contribution in [1.29, 1.82) is 0 Å². The van der Waals surface area contributed by atoms with E-state index >= 15 is 0 Å². The van der Waals surface area contributed by atoms with Crippen molar-refractivity contribution in [3.63, 3.8) is 0 Å². The third-order valence-corrected chi connectivity index (χ3v) is 16.6. The molecule has 2 aliphatic carbocycles. The van der Waals surface area contributed by atoms with Gasteiger partial charge in [0.15, 0.2) is 0 Å². The third kappa shape index (κ3) is 7.02. The number of imidazole rings is 1. The molecule has 4 atom stereocenters. The van der Waals surface area contributed by atoms with E-state index in [1.807, 2.05) is 77.7 Å². The summed E-state index contributed by atoms with van der Waals surface area (Å²) in [5, 5.41) is 11.4. The minimum absolute atomic E-state index is 0.0423. The predicted molar refractivity (Wildman–Crippen MR) is 263 cm³/mol. The zero-order chi connectivity index (χ0) is 46.3. The van der Waals surface area contributed by atoms with Crippen LogP contribution in [0.4, 0.5) is 11.4 Å². The fourth-order valence-electron chi connectivity index (χ4n) is 12.9. The highest BCUT2D eigenvalue weighted by Crippen LogP contribution is 2.57. The lowest BCUT2D eigenvalue weighted by molar-refractivity contribution is -0.121. The highest BCUT2D eigenvalue weighted by Gasteiger charge is 2.55. The Bertz CT molecular complexity index is 2980. The SMILES string of the molecule is CN1CCC(Oc2cc(-c3ccnn3-c3ccccc3)cc3c2NC(=O)C32CCC(C3CC(Oc4cc(-c5cn(C)c(=O)n5-c5ccccc5)cc5c4NC(=O)C54CCCC4)CCN3C)C2)CC1. The van der Waals surface area contributed by atoms with Crippen LogP contribution in [0.3, 0.4) is 0 Å². The average molecular weight is 913 g/mol. The van der Waals surface area contributed by atoms with Crippen LogP contribution < -0.4 is 25.8 Å². The molecule has 0 radical (unpaired) electrons. The topological polar surface area (TPSA) is 128 Å². The van der Waals surface area contributed by atoms with Crippen molar-refractivity contribution in [3.05, 3.63) is 125 Å². The van der Waals surface area contributed by atoms with Crippen molar-refractivity contribution >= 4 is 23.2 Å². The molecule has 2 amide bonds. The molecule has 6 aliphatic rings. The summed E-state index contributed by atoms with van der Waals surface area (Å²) < 4.78 is 19.4. The second-order valence-electron chi connectivity index (χ2n) is 20.6. The Balaban J connectivity index is 0.868. The van der Waals surface area contributed by atoms with Crippen molar-refractivity contribution < 1.29 is 19.1 Å². The lowest BCUT2D eigenvalue weighted by atomic mass is 9.77. The minimum atomic E-state index is -0.702. The number of nitrogens with one attached hydrogen (secondary N) is 2. The maximum absolute atomic E-state index is 14.7. The molecule has 4 fully saturated rings. The highest BCUT2D eigenvalue weighted by atomic mass is 16.5. The molecule has 6 aromatic rings. The number of carbonyl (C=O) groups is 2. The van der Waals surface area contributed by atoms with E-state index in [0.29, 0.717) is 5.75 Å². The number of benzene rings is 4. The molecule has 2 saturated carbocycles. The Morgan fingerprint density at radius 2 is 1.25 bits per heavy atom. The van der Waals surface area contributed by atoms with Gasteiger partial charge in [0.05, 0.1) is 51.2 Å². The van der Waals surface area contributed by atoms with Crippen LogP contribution in [0.25, 0.3) is 33.9 Å². The van der Waals surface area contributed by atoms with Gasteiger partial charge in [0.1, 0.15) is 23.7 Å². The highest BCUT2D eigenvalue weighted by molar-refractivity contribution is 6.09. The van der Waals surface area contributed by atoms with E-state index in [-0.39, 0.29) is 41.7 Å². The lowest BCUT2D eigenvalue weighted by Gasteiger charge is -2.41. The smallest absolute Gasteiger partial charge is 0.332 e. The predicted octanol–water partition coefficient (Wildman–Crippen LogP) is 8.46. The number of para-hydroxylation sites is 2. The number of rotatable bonds is 9. The second-order valence-corrected chi connectivity index (χ2v) is 20.6. The minimum Gasteiger partial charge on any atom is -0.488 e. The van der Waals surface area contributed by atoms with Gasteiger partial charge in [-0.25, -0.2) is 9.48 Å². The maximum Gasteiger partial charge on any atom is 0.332 e. The summed E-state index contributed by atoms with van der Waals surface area (Å²) in [6.07, 6.45) is 13.0. The van der Waals surface area contributed by atoms with E-state index < -0.39 is 10.8 Å². The summed E-state index contributed by atoms with van der Waals surface area (Å²) in [4.78, 5) is 47.2. The Kier molecular flexibility index (Phi) is 10.5. The maximum atomic E-state index is 14.7. The number of anilines is 2. The number of hydrogen-bond donors (Lipinski definition) is 2. The summed E-state index contributed by atoms with van der Waals surface area (Å²) in [6, 6.07) is 30.6. The third-order valence-electron chi connectivity index (χ3n) is 16.6. The molecule has 2 saturated heterocycles. The van der Waals surface area contributed by atoms with E-state index in [4.69, 9.17) is 14.6 Å². The second kappa shape index (κ2) is 16.7. The molecule has 68 heavy (non-hydrogen) atoms. The van der Waals surface area contributed by atoms with E-state index in [1.54, 1.807) is 16.2 Å². The summed E-state index contributed by atoms with van der Waals surface area (Å²) in [5.74, 6) is 1.73. The summed E-state index contributed by atoms with van der Waals surface area (Å²) in [5.41, 5.74) is 7.41. The molecule has 12 rings (SSSR count). The molecule has 4 aromatic carbocycles. The standard InChI is InChI=1S/C55H60N8O5/c1-59-25-18-40(19-26-59)67-47-30-36(44-17-24-56-63(44)39-14-8-5-9-15-39)28-43-50(47)58-52(65)55(43)23-16-35(33-55)45-32-41(20-27-60(45)2)68-48-31-37(29-42-49(48)57-51(64)54(42)21-10-11-22-54)46-34-61(3)53(66)62(46)38-12-6-4-7-13-38/h4-9,12-15,17,24,28-31,34-35,40-41,45H,10-11,16,18-23,25-27,32-33H2,1-3H3,(H,57,64)(H,58,65). The van der Waals surface area contributed by atoms with Crippen LogP contribution in [-0.2, 0) is 27.5 Å². The molecule has 2 N–H and O–H groups in total. The first-order valence-corrected chi connectivity index (χ1v) is 24.7. The molecule has 4 unspecified atom stereocenters. The molecule has 0 bridgehead atoms. The molecule has 2 aromatic heterocycles. The Morgan fingerprint density at radius 1 is 0.647 bits per heavy atom. The Labute approximate surface area is 397 Å². The van der Waals surface area contributed by atoms with Crippen molar-refractivity contribution in [2.24, 2.45) is 13.0 Å². The number of amides is 2. The van der Waals surface area contributed by atoms with E-state index in [1.165, 1.54) is 0 Å². The van der Waals surface area contributed by atoms with Crippen molar-refractivity contribution in [2.75, 3.05) is 44.4 Å². The molecule has 4 aliphatic heterocycles. The number of nitrogens with zero attached hydrogens (tertiary/aromatic N) is 6. The van der Waals surface area contributed by atoms with Gasteiger partial charge < -0.3 is 34.5 Å². The van der Waals surface area contributed by atoms with Gasteiger partial charge in [0.2, 0.25) is 11.8 Å². The average Bonchev–Trinajstić information content (AvgIpc) is 4.23. The lowest BCUT2D eigenvalue weighted by Crippen LogP contribution is -2.47. The van der Waals surface area contributed by atoms with E-state index in [0.717, 1.165) is 152 Å². The molecule has 350 valence electrons. The quantitative estimate of drug-likeness (QED) is 0.148. The summed E-state index contributed by atoms with van der Waals surface area (Å²) in [6.45, 7) is 2.78. The van der Waals surface area contributed by atoms with Gasteiger partial charge in [-0.2, -0.15) is 5.10 Å². The number of likely N-dealkylation sites (tertiary alicyclic amines) is 2. The fourth-order valence-corrected chi connectivity index (χ4v) is 12.9. The number of fused-ring (bicyclic) bond motifs is 4. The van der Waals surface area contributed by atoms with Gasteiger partial charge in [0, 0.05) is 56.5 Å². The molecular formula is C55H60N8O5. The van der Waals surface area contributed by atoms with Crippen LogP contribution in [0.2, 0.25) is 0 Å². The monoisotopic (exact) mass is 912 g/mol. The number of piperidine rings is 2. The number of aryl methyl sites for hydroxylation is 1. The van der Waals surface area contributed by atoms with E-state index in [9.17, 15) is 14.4 Å². The molecule has 13 heteroatoms. The van der Waals surface area contributed by atoms with Crippen LogP contribution >= 0.6 is 0 Å². The molecule has 2 spiro atoms. The molecular weight excluding hydrogens is 853 g/mol. The molecule has 6 heterocycles. The van der Waals surface area contributed by atoms with Crippen LogP contribution in [0.15, 0.2) is 108 Å². The van der Waals surface area contributed by atoms with Gasteiger partial charge >= 0.3 is 5.69 Å². The number of ether oxygens (including phenoxy) is 2. The van der Waals surface area contributed by atoms with Crippen LogP contribution in [0.1, 0.15) is 81.8 Å². The zero-order valence-corrected chi connectivity index (χ0v) is 39.2. The first-order valence-electron chi connectivity index (χ1n) is 24.7. The fraction of sp³-hybridized carbons (Fsp3) is 0.418. The Hall–Kier alpha value is -6.44. The van der Waals surface area contributed by atoms with Crippen molar-refractivity contribution in [2.45, 2.75) is 99.7 Å². The number of hydrogen-bond acceptors (Lipinski definition) is 8. The number of carbonyl (C=O) groups excluding carboxylic acids is 2. The van der Waals surface area contributed by atoms with Gasteiger partial charge in [0.25, 0.3) is 0 Å². The van der Waals surface area contributed by atoms with E-state index in [2.05, 4.69) is 64.9 Å². The largest absolute Gasteiger partial charge is 0.488 e. The first kappa shape index (κ1) is 42.9. The number of aromatic nitrogens is 4. The normalized spacial score (nSPS) is 24.7. The van der Waals surface area contributed by atoms with Crippen molar-refractivity contribution in [1.82, 2.24) is 28.7 Å². The van der Waals surface area contributed by atoms with Crippen LogP contribution in [0.5, 0.6) is 11.5 Å². The molecule has 13 nitrogen and oxygen atoms in total. The van der Waals surface area contributed by atoms with Crippen LogP contribution in [0, 0.1) is 5.92 Å². The Morgan fingerprint density at radius 3 is 1.94 bits per heavy atom. The summed E-state index contributed by atoms with van der Waals surface area (Å²) in [7, 11) is 6.15. The van der Waals surface area contributed by atoms with Gasteiger partial charge in [-0.3, -0.25) is 14.2 Å². The van der Waals surface area contributed by atoms with Gasteiger partial charge in [-0.1, -0.05) is 49.2 Å². The first-order chi connectivity index (χ1) is 33.1.